The Morgan fingerprint density at radius 3 is 1.33 bits per heavy atom. The molecule has 3 aromatic carbocycles. The number of furan rings is 2. The first-order valence-electron chi connectivity index (χ1n) is 10.6. The molecule has 0 spiro atoms. The van der Waals surface area contributed by atoms with Crippen molar-refractivity contribution in [3.8, 4) is 22.9 Å². The number of nitrogens with zero attached hydrogens (tertiary/aromatic N) is 2. The molecule has 0 saturated heterocycles. The average Bonchev–Trinajstić information content (AvgIpc) is 3.40. The fourth-order valence-corrected chi connectivity index (χ4v) is 4.15. The van der Waals surface area contributed by atoms with Crippen LogP contribution in [-0.4, -0.2) is 9.97 Å². The molecule has 174 valence electrons. The van der Waals surface area contributed by atoms with Gasteiger partial charge in [0.1, 0.15) is 33.6 Å². The number of halogens is 2. The van der Waals surface area contributed by atoms with Gasteiger partial charge in [0.15, 0.2) is 0 Å². The summed E-state index contributed by atoms with van der Waals surface area (Å²) in [6, 6.07) is 13.7. The van der Waals surface area contributed by atoms with Gasteiger partial charge in [-0.15, -0.1) is 0 Å². The van der Waals surface area contributed by atoms with E-state index < -0.39 is 22.9 Å². The second-order valence-corrected chi connectivity index (χ2v) is 8.04. The van der Waals surface area contributed by atoms with Gasteiger partial charge in [0, 0.05) is 21.9 Å². The summed E-state index contributed by atoms with van der Waals surface area (Å²) in [5.41, 5.74) is -0.0545. The number of aromatic nitrogens is 2. The molecule has 0 aliphatic carbocycles. The molecule has 0 atom stereocenters. The molecule has 10 heteroatoms. The Balaban J connectivity index is 1.44. The maximum absolute atomic E-state index is 13.3. The summed E-state index contributed by atoms with van der Waals surface area (Å²) >= 11 is 0. The molecule has 4 aromatic heterocycles. The van der Waals surface area contributed by atoms with Gasteiger partial charge in [-0.05, 0) is 60.7 Å². The Hall–Kier alpha value is -5.12. The highest BCUT2D eigenvalue weighted by Gasteiger charge is 2.21. The summed E-state index contributed by atoms with van der Waals surface area (Å²) in [7, 11) is 0. The van der Waals surface area contributed by atoms with Gasteiger partial charge in [0.25, 0.3) is 0 Å². The summed E-state index contributed by atoms with van der Waals surface area (Å²) < 4.78 is 48.9. The minimum atomic E-state index is -0.704. The molecule has 0 aliphatic heterocycles. The van der Waals surface area contributed by atoms with Crippen molar-refractivity contribution in [2.24, 2.45) is 0 Å². The first-order valence-corrected chi connectivity index (χ1v) is 10.6. The Bertz CT molecular complexity index is 1950. The van der Waals surface area contributed by atoms with Gasteiger partial charge in [-0.2, -0.15) is 9.97 Å². The number of hydrogen-bond acceptors (Lipinski definition) is 8. The molecule has 7 aromatic rings. The standard InChI is InChI=1S/C26H10F2N2O6/c27-13-5-1-11(2-6-13)21-29-23-19(25(31)35-21)15-9-18-16(10-17(15)33-23)20-24(34-18)30-22(36-26(20)32)12-3-7-14(28)8-4-12/h1-10H. The summed E-state index contributed by atoms with van der Waals surface area (Å²) in [4.78, 5) is 34.2. The van der Waals surface area contributed by atoms with Crippen LogP contribution in [0.5, 0.6) is 0 Å². The highest BCUT2D eigenvalue weighted by molar-refractivity contribution is 6.13. The Morgan fingerprint density at radius 1 is 0.556 bits per heavy atom. The van der Waals surface area contributed by atoms with Gasteiger partial charge in [-0.25, -0.2) is 18.4 Å². The molecule has 0 unspecified atom stereocenters. The molecule has 0 radical (unpaired) electrons. The number of rotatable bonds is 2. The summed E-state index contributed by atoms with van der Waals surface area (Å²) in [6.07, 6.45) is 0. The summed E-state index contributed by atoms with van der Waals surface area (Å²) in [6.45, 7) is 0. The van der Waals surface area contributed by atoms with Crippen molar-refractivity contribution in [3.63, 3.8) is 0 Å². The quantitative estimate of drug-likeness (QED) is 0.303. The maximum atomic E-state index is 13.3. The molecule has 0 bridgehead atoms. The molecule has 0 fully saturated rings. The van der Waals surface area contributed by atoms with Crippen LogP contribution >= 0.6 is 0 Å². The van der Waals surface area contributed by atoms with Crippen molar-refractivity contribution in [2.75, 3.05) is 0 Å². The minimum Gasteiger partial charge on any atom is -0.437 e. The van der Waals surface area contributed by atoms with Crippen LogP contribution in [0.2, 0.25) is 0 Å². The van der Waals surface area contributed by atoms with Crippen LogP contribution in [-0.2, 0) is 0 Å². The van der Waals surface area contributed by atoms with E-state index in [2.05, 4.69) is 9.97 Å². The molecule has 36 heavy (non-hydrogen) atoms. The summed E-state index contributed by atoms with van der Waals surface area (Å²) in [5, 5.41) is 0.911. The van der Waals surface area contributed by atoms with Crippen LogP contribution in [0, 0.1) is 11.6 Å². The lowest BCUT2D eigenvalue weighted by molar-refractivity contribution is 0.510. The van der Waals surface area contributed by atoms with E-state index in [0.717, 1.165) is 0 Å². The van der Waals surface area contributed by atoms with E-state index in [1.54, 1.807) is 0 Å². The Kier molecular flexibility index (Phi) is 4.05. The molecule has 0 amide bonds. The maximum Gasteiger partial charge on any atom is 0.351 e. The van der Waals surface area contributed by atoms with E-state index in [0.29, 0.717) is 21.9 Å². The third-order valence-corrected chi connectivity index (χ3v) is 5.84. The van der Waals surface area contributed by atoms with E-state index in [1.807, 2.05) is 0 Å². The lowest BCUT2D eigenvalue weighted by Crippen LogP contribution is -2.01. The zero-order valence-electron chi connectivity index (χ0n) is 17.9. The predicted molar refractivity (Wildman–Crippen MR) is 124 cm³/mol. The van der Waals surface area contributed by atoms with Gasteiger partial charge in [0.05, 0.1) is 0 Å². The van der Waals surface area contributed by atoms with Crippen LogP contribution < -0.4 is 11.3 Å². The molecule has 0 aliphatic rings. The van der Waals surface area contributed by atoms with E-state index in [-0.39, 0.29) is 45.1 Å². The lowest BCUT2D eigenvalue weighted by Gasteiger charge is -1.98. The molecule has 0 N–H and O–H groups in total. The van der Waals surface area contributed by atoms with Crippen LogP contribution in [0.4, 0.5) is 8.78 Å². The van der Waals surface area contributed by atoms with Gasteiger partial charge < -0.3 is 17.7 Å². The number of fused-ring (bicyclic) bond motifs is 6. The van der Waals surface area contributed by atoms with Crippen LogP contribution in [0.3, 0.4) is 0 Å². The van der Waals surface area contributed by atoms with E-state index in [1.165, 1.54) is 60.7 Å². The van der Waals surface area contributed by atoms with Crippen molar-refractivity contribution in [3.05, 3.63) is 93.1 Å². The first-order chi connectivity index (χ1) is 17.4. The van der Waals surface area contributed by atoms with Crippen LogP contribution in [0.25, 0.3) is 67.0 Å². The van der Waals surface area contributed by atoms with Gasteiger partial charge in [-0.1, -0.05) is 0 Å². The zero-order valence-corrected chi connectivity index (χ0v) is 17.9. The molecule has 8 nitrogen and oxygen atoms in total. The largest absolute Gasteiger partial charge is 0.437 e. The van der Waals surface area contributed by atoms with Crippen molar-refractivity contribution in [2.45, 2.75) is 0 Å². The lowest BCUT2D eigenvalue weighted by atomic mass is 10.1. The smallest absolute Gasteiger partial charge is 0.351 e. The second-order valence-electron chi connectivity index (χ2n) is 8.04. The molecule has 4 heterocycles. The molecular formula is C26H10F2N2O6. The zero-order chi connectivity index (χ0) is 24.6. The van der Waals surface area contributed by atoms with Crippen LogP contribution in [0.1, 0.15) is 0 Å². The monoisotopic (exact) mass is 484 g/mol. The first kappa shape index (κ1) is 20.3. The average molecular weight is 484 g/mol. The van der Waals surface area contributed by atoms with Crippen LogP contribution in [0.15, 0.2) is 87.9 Å². The van der Waals surface area contributed by atoms with Crippen molar-refractivity contribution >= 4 is 44.1 Å². The van der Waals surface area contributed by atoms with E-state index >= 15 is 0 Å². The van der Waals surface area contributed by atoms with E-state index in [4.69, 9.17) is 17.7 Å². The highest BCUT2D eigenvalue weighted by Crippen LogP contribution is 2.35. The van der Waals surface area contributed by atoms with Gasteiger partial charge in [-0.3, -0.25) is 0 Å². The SMILES string of the molecule is O=c1oc(-c2ccc(F)cc2)nc2oc3cc4c(cc3c12)oc1nc(-c2ccc(F)cc2)oc(=O)c14. The molecule has 0 saturated carbocycles. The topological polar surface area (TPSA) is 112 Å². The fourth-order valence-electron chi connectivity index (χ4n) is 4.15. The Labute approximate surface area is 197 Å². The third-order valence-electron chi connectivity index (χ3n) is 5.84. The number of hydrogen-bond donors (Lipinski definition) is 0. The summed E-state index contributed by atoms with van der Waals surface area (Å²) in [5.74, 6) is -0.938. The van der Waals surface area contributed by atoms with Gasteiger partial charge in [0.2, 0.25) is 23.2 Å². The molecule has 7 rings (SSSR count). The molecular weight excluding hydrogens is 474 g/mol. The third kappa shape index (κ3) is 2.97. The second kappa shape index (κ2) is 7.19. The fraction of sp³-hybridized carbons (Fsp3) is 0. The van der Waals surface area contributed by atoms with E-state index in [9.17, 15) is 18.4 Å². The normalized spacial score (nSPS) is 11.8. The Morgan fingerprint density at radius 2 is 0.944 bits per heavy atom. The number of benzene rings is 3. The minimum absolute atomic E-state index is 0.0151. The predicted octanol–water partition coefficient (Wildman–Crippen LogP) is 5.79. The van der Waals surface area contributed by atoms with Crippen molar-refractivity contribution in [1.29, 1.82) is 0 Å². The highest BCUT2D eigenvalue weighted by atomic mass is 19.1. The van der Waals surface area contributed by atoms with Crippen molar-refractivity contribution < 1.29 is 26.4 Å². The van der Waals surface area contributed by atoms with Crippen molar-refractivity contribution in [1.82, 2.24) is 9.97 Å². The van der Waals surface area contributed by atoms with Gasteiger partial charge >= 0.3 is 11.3 Å².